The highest BCUT2D eigenvalue weighted by Gasteiger charge is 2.41. The van der Waals surface area contributed by atoms with Crippen molar-refractivity contribution in [3.05, 3.63) is 80.5 Å². The molecule has 5 aromatic rings. The van der Waals surface area contributed by atoms with Crippen LogP contribution in [0.15, 0.2) is 24.3 Å². The van der Waals surface area contributed by atoms with Gasteiger partial charge in [0.25, 0.3) is 23.6 Å². The summed E-state index contributed by atoms with van der Waals surface area (Å²) in [4.78, 5) is 66.7. The molecule has 0 aliphatic carbocycles. The molecule has 0 bridgehead atoms. The molecule has 2 aliphatic rings. The predicted octanol–water partition coefficient (Wildman–Crippen LogP) is 8.93. The first kappa shape index (κ1) is 32.2. The van der Waals surface area contributed by atoms with E-state index in [4.69, 9.17) is 13.1 Å². The second-order valence-electron chi connectivity index (χ2n) is 13.2. The third kappa shape index (κ3) is 4.09. The zero-order valence-corrected chi connectivity index (χ0v) is 28.0. The summed E-state index contributed by atoms with van der Waals surface area (Å²) < 4.78 is 0. The lowest BCUT2D eigenvalue weighted by molar-refractivity contribution is 0.0527. The number of amides is 4. The Balaban J connectivity index is 1.70. The Morgan fingerprint density at radius 1 is 0.580 bits per heavy atom. The fourth-order valence-corrected chi connectivity index (χ4v) is 8.06. The number of nitriles is 2. The summed E-state index contributed by atoms with van der Waals surface area (Å²) in [6, 6.07) is 9.23. The summed E-state index contributed by atoms with van der Waals surface area (Å²) in [6.07, 6.45) is 4.47. The van der Waals surface area contributed by atoms with Gasteiger partial charge in [-0.3, -0.25) is 29.0 Å². The highest BCUT2D eigenvalue weighted by molar-refractivity contribution is 6.45. The third-order valence-corrected chi connectivity index (χ3v) is 10.4. The summed E-state index contributed by atoms with van der Waals surface area (Å²) in [5.41, 5.74) is 0.565. The standard InChI is InChI=1S/C40H30N6O4/c1-7-9-11-19(3)45-37(47)23-13-21(17-41)29-30-22(18-42)14-24-32-26(40(50)46(38(24)48)20(4)12-10-8-2)16-28(44-6)34(36(30)32)33-27(43-5)15-25(39(45)49)31(23)35(29)33/h13-16,19-20H,7-12H2,1-4H3. The first-order chi connectivity index (χ1) is 24.1. The number of hydrogen-bond donors (Lipinski definition) is 0. The Bertz CT molecular complexity index is 2260. The van der Waals surface area contributed by atoms with E-state index in [0.717, 1.165) is 25.7 Å². The molecule has 10 nitrogen and oxygen atoms in total. The van der Waals surface area contributed by atoms with E-state index in [1.165, 1.54) is 34.1 Å². The second-order valence-corrected chi connectivity index (χ2v) is 13.2. The normalized spacial score (nSPS) is 15.1. The maximum atomic E-state index is 14.2. The van der Waals surface area contributed by atoms with Crippen molar-refractivity contribution in [3.63, 3.8) is 0 Å². The molecule has 2 heterocycles. The van der Waals surface area contributed by atoms with Crippen LogP contribution < -0.4 is 0 Å². The van der Waals surface area contributed by atoms with Crippen molar-refractivity contribution in [2.24, 2.45) is 0 Å². The van der Waals surface area contributed by atoms with E-state index >= 15 is 0 Å². The summed E-state index contributed by atoms with van der Waals surface area (Å²) in [6.45, 7) is 24.1. The first-order valence-electron chi connectivity index (χ1n) is 16.8. The SMILES string of the molecule is [C-]#[N+]c1cc2c3c(cc(C#N)c4c5c(C#N)cc6c7c(cc([N+]#[C-])c(c1c34)c75)C(=O)N(C(C)CCCC)C6=O)C(=O)N(C(C)CCCC)C2=O. The zero-order valence-electron chi connectivity index (χ0n) is 28.0. The molecule has 0 N–H and O–H groups in total. The van der Waals surface area contributed by atoms with Gasteiger partial charge in [0.15, 0.2) is 11.4 Å². The Kier molecular flexibility index (Phi) is 7.51. The zero-order chi connectivity index (χ0) is 35.8. The van der Waals surface area contributed by atoms with Crippen molar-refractivity contribution in [3.8, 4) is 12.1 Å². The van der Waals surface area contributed by atoms with Crippen LogP contribution >= 0.6 is 0 Å². The van der Waals surface area contributed by atoms with Gasteiger partial charge >= 0.3 is 0 Å². The van der Waals surface area contributed by atoms with Gasteiger partial charge in [-0.05, 0) is 72.5 Å². The minimum atomic E-state index is -0.564. The first-order valence-corrected chi connectivity index (χ1v) is 16.8. The summed E-state index contributed by atoms with van der Waals surface area (Å²) in [5, 5.41) is 23.2. The predicted molar refractivity (Wildman–Crippen MR) is 189 cm³/mol. The van der Waals surface area contributed by atoms with E-state index in [-0.39, 0.29) is 87.8 Å². The van der Waals surface area contributed by atoms with Gasteiger partial charge in [-0.1, -0.05) is 39.5 Å². The topological polar surface area (TPSA) is 131 Å². The molecule has 0 radical (unpaired) electrons. The number of hydrogen-bond acceptors (Lipinski definition) is 6. The Hall–Kier alpha value is -6.36. The average molecular weight is 659 g/mol. The van der Waals surface area contributed by atoms with Crippen molar-refractivity contribution in [1.29, 1.82) is 10.5 Å². The maximum Gasteiger partial charge on any atom is 0.261 e. The molecule has 0 fully saturated rings. The number of fused-ring (bicyclic) bond motifs is 2. The van der Waals surface area contributed by atoms with Gasteiger partial charge in [0.2, 0.25) is 0 Å². The summed E-state index contributed by atoms with van der Waals surface area (Å²) >= 11 is 0. The molecular formula is C40H30N6O4. The van der Waals surface area contributed by atoms with Crippen molar-refractivity contribution in [2.45, 2.75) is 78.3 Å². The van der Waals surface area contributed by atoms with Gasteiger partial charge in [0, 0.05) is 55.9 Å². The fraction of sp³-hybridized carbons (Fsp3) is 0.300. The van der Waals surface area contributed by atoms with E-state index in [2.05, 4.69) is 21.8 Å². The average Bonchev–Trinajstić information content (AvgIpc) is 3.12. The molecule has 244 valence electrons. The maximum absolute atomic E-state index is 14.2. The molecule has 2 unspecified atom stereocenters. The van der Waals surface area contributed by atoms with Crippen LogP contribution in [-0.2, 0) is 0 Å². The van der Waals surface area contributed by atoms with Crippen molar-refractivity contribution >= 4 is 78.1 Å². The van der Waals surface area contributed by atoms with Crippen LogP contribution in [0.3, 0.4) is 0 Å². The lowest BCUT2D eigenvalue weighted by Gasteiger charge is -2.34. The molecular weight excluding hydrogens is 628 g/mol. The van der Waals surface area contributed by atoms with E-state index in [0.29, 0.717) is 12.8 Å². The lowest BCUT2D eigenvalue weighted by Crippen LogP contribution is -2.46. The van der Waals surface area contributed by atoms with Gasteiger partial charge in [-0.25, -0.2) is 9.69 Å². The minimum Gasteiger partial charge on any atom is -0.272 e. The Morgan fingerprint density at radius 2 is 0.920 bits per heavy atom. The summed E-state index contributed by atoms with van der Waals surface area (Å²) in [5.74, 6) is -2.25. The number of carbonyl (C=O) groups excluding carboxylic acids is 4. The highest BCUT2D eigenvalue weighted by Crippen LogP contribution is 2.53. The van der Waals surface area contributed by atoms with Crippen LogP contribution in [-0.4, -0.2) is 45.5 Å². The van der Waals surface area contributed by atoms with Crippen LogP contribution in [0.4, 0.5) is 11.4 Å². The van der Waals surface area contributed by atoms with Gasteiger partial charge in [-0.2, -0.15) is 10.5 Å². The highest BCUT2D eigenvalue weighted by atomic mass is 16.2. The monoisotopic (exact) mass is 658 g/mol. The molecule has 0 aromatic heterocycles. The molecule has 50 heavy (non-hydrogen) atoms. The molecule has 0 spiro atoms. The number of imide groups is 2. The van der Waals surface area contributed by atoms with E-state index < -0.39 is 35.7 Å². The fourth-order valence-electron chi connectivity index (χ4n) is 8.06. The molecule has 2 atom stereocenters. The number of nitrogens with zero attached hydrogens (tertiary/aromatic N) is 6. The van der Waals surface area contributed by atoms with Gasteiger partial charge in [0.1, 0.15) is 0 Å². The number of rotatable bonds is 8. The number of benzene rings is 5. The van der Waals surface area contributed by atoms with Crippen molar-refractivity contribution in [2.75, 3.05) is 0 Å². The molecule has 4 amide bonds. The summed E-state index contributed by atoms with van der Waals surface area (Å²) in [7, 11) is 0. The van der Waals surface area contributed by atoms with Gasteiger partial charge in [-0.15, -0.1) is 0 Å². The van der Waals surface area contributed by atoms with Crippen molar-refractivity contribution < 1.29 is 19.2 Å². The smallest absolute Gasteiger partial charge is 0.261 e. The molecule has 0 saturated heterocycles. The number of carbonyl (C=O) groups is 4. The van der Waals surface area contributed by atoms with Crippen LogP contribution in [0.2, 0.25) is 0 Å². The van der Waals surface area contributed by atoms with Crippen LogP contribution in [0.1, 0.15) is 119 Å². The van der Waals surface area contributed by atoms with E-state index in [1.807, 2.05) is 13.8 Å². The largest absolute Gasteiger partial charge is 0.272 e. The van der Waals surface area contributed by atoms with Gasteiger partial charge < -0.3 is 0 Å². The third-order valence-electron chi connectivity index (χ3n) is 10.4. The van der Waals surface area contributed by atoms with Crippen molar-refractivity contribution in [1.82, 2.24) is 9.80 Å². The Labute approximate surface area is 288 Å². The van der Waals surface area contributed by atoms with Gasteiger partial charge in [0.05, 0.1) is 36.4 Å². The lowest BCUT2D eigenvalue weighted by atomic mass is 9.78. The number of unbranched alkanes of at least 4 members (excludes halogenated alkanes) is 2. The minimum absolute atomic E-state index is 0.0108. The van der Waals surface area contributed by atoms with Crippen LogP contribution in [0.5, 0.6) is 0 Å². The molecule has 0 saturated carbocycles. The molecule has 2 aliphatic heterocycles. The molecule has 5 aromatic carbocycles. The quantitative estimate of drug-likeness (QED) is 0.0708. The van der Waals surface area contributed by atoms with Crippen LogP contribution in [0, 0.1) is 35.8 Å². The van der Waals surface area contributed by atoms with E-state index in [1.54, 1.807) is 13.8 Å². The van der Waals surface area contributed by atoms with E-state index in [9.17, 15) is 29.7 Å². The second kappa shape index (κ2) is 11.7. The molecule has 7 rings (SSSR count). The van der Waals surface area contributed by atoms with Crippen LogP contribution in [0.25, 0.3) is 52.8 Å². The molecule has 10 heteroatoms. The Morgan fingerprint density at radius 3 is 1.22 bits per heavy atom.